The van der Waals surface area contributed by atoms with Crippen LogP contribution in [0.3, 0.4) is 0 Å². The number of fused-ring (bicyclic) bond motifs is 2. The van der Waals surface area contributed by atoms with E-state index in [0.29, 0.717) is 35.8 Å². The van der Waals surface area contributed by atoms with Crippen molar-refractivity contribution in [1.29, 1.82) is 0 Å². The molecule has 1 saturated carbocycles. The summed E-state index contributed by atoms with van der Waals surface area (Å²) in [5.74, 6) is 4.87. The van der Waals surface area contributed by atoms with Gasteiger partial charge in [-0.25, -0.2) is 9.97 Å². The van der Waals surface area contributed by atoms with Crippen molar-refractivity contribution in [2.24, 2.45) is 11.8 Å². The van der Waals surface area contributed by atoms with Crippen LogP contribution >= 0.6 is 0 Å². The van der Waals surface area contributed by atoms with Crippen molar-refractivity contribution >= 4 is 0 Å². The first-order chi connectivity index (χ1) is 19.6. The molecule has 6 heteroatoms. The van der Waals surface area contributed by atoms with Gasteiger partial charge in [0.05, 0.1) is 35.9 Å². The summed E-state index contributed by atoms with van der Waals surface area (Å²) in [6, 6.07) is 14.6. The second-order valence-electron chi connectivity index (χ2n) is 13.1. The zero-order chi connectivity index (χ0) is 26.8. The van der Waals surface area contributed by atoms with Crippen molar-refractivity contribution in [2.75, 3.05) is 13.1 Å². The maximum absolute atomic E-state index is 4.84. The van der Waals surface area contributed by atoms with Crippen LogP contribution in [0.1, 0.15) is 99.1 Å². The van der Waals surface area contributed by atoms with Crippen molar-refractivity contribution in [3.63, 3.8) is 0 Å². The van der Waals surface area contributed by atoms with Gasteiger partial charge in [-0.1, -0.05) is 50.2 Å². The molecule has 0 spiro atoms. The van der Waals surface area contributed by atoms with Crippen LogP contribution in [0.5, 0.6) is 0 Å². The monoisotopic (exact) mass is 532 g/mol. The second kappa shape index (κ2) is 9.71. The Hall–Kier alpha value is -3.22. The van der Waals surface area contributed by atoms with E-state index in [1.807, 2.05) is 6.20 Å². The quantitative estimate of drug-likeness (QED) is 0.219. The third-order valence-corrected chi connectivity index (χ3v) is 10.2. The van der Waals surface area contributed by atoms with Gasteiger partial charge in [-0.05, 0) is 103 Å². The number of benzene rings is 2. The number of rotatable bonds is 5. The molecule has 4 aromatic rings. The number of nitrogens with one attached hydrogen (secondary N) is 4. The predicted molar refractivity (Wildman–Crippen MR) is 160 cm³/mol. The highest BCUT2D eigenvalue weighted by molar-refractivity contribution is 5.79. The summed E-state index contributed by atoms with van der Waals surface area (Å²) in [7, 11) is 0. The average Bonchev–Trinajstić information content (AvgIpc) is 3.81. The largest absolute Gasteiger partial charge is 0.341 e. The summed E-state index contributed by atoms with van der Waals surface area (Å²) in [5.41, 5.74) is 10.8. The number of hydrogen-bond donors (Lipinski definition) is 4. The Bertz CT molecular complexity index is 1520. The van der Waals surface area contributed by atoms with E-state index in [0.717, 1.165) is 43.3 Å². The number of H-pyrrole nitrogens is 2. The maximum Gasteiger partial charge on any atom is 0.123 e. The molecule has 4 atom stereocenters. The second-order valence-corrected chi connectivity index (χ2v) is 13.1. The molecule has 40 heavy (non-hydrogen) atoms. The van der Waals surface area contributed by atoms with Crippen LogP contribution in [0, 0.1) is 11.8 Å². The zero-order valence-corrected chi connectivity index (χ0v) is 23.6. The minimum absolute atomic E-state index is 0.340. The Morgan fingerprint density at radius 2 is 1.10 bits per heavy atom. The summed E-state index contributed by atoms with van der Waals surface area (Å²) < 4.78 is 0. The van der Waals surface area contributed by atoms with Gasteiger partial charge in [0.15, 0.2) is 0 Å². The fourth-order valence-electron chi connectivity index (χ4n) is 8.06. The molecule has 0 radical (unpaired) electrons. The highest BCUT2D eigenvalue weighted by Gasteiger charge is 2.37. The van der Waals surface area contributed by atoms with Crippen LogP contribution in [-0.4, -0.2) is 33.0 Å². The molecule has 0 unspecified atom stereocenters. The molecular formula is C34H40N6. The fraction of sp³-hybridized carbons (Fsp3) is 0.471. The highest BCUT2D eigenvalue weighted by atomic mass is 15.1. The molecule has 6 nitrogen and oxygen atoms in total. The lowest BCUT2D eigenvalue weighted by Crippen LogP contribution is -2.23. The first-order valence-corrected chi connectivity index (χ1v) is 15.4. The van der Waals surface area contributed by atoms with E-state index < -0.39 is 0 Å². The number of hydrogen-bond acceptors (Lipinski definition) is 4. The van der Waals surface area contributed by atoms with Crippen molar-refractivity contribution < 1.29 is 0 Å². The molecule has 4 N–H and O–H groups in total. The summed E-state index contributed by atoms with van der Waals surface area (Å²) in [4.78, 5) is 16.9. The standard InChI is InChI=1S/C34H40N6/c1-19-13-27(35-15-19)33-37-17-29(39-33)22-5-3-21(4-6-22)25-11-12-26(32-24-9-7-23(8-10-24)31(25)32)30-18-38-34(40-30)28-14-20(2)16-36-28/h3-6,11-12,17-20,23-24,27-28,35-36H,7-10,13-16H2,1-2H3,(H,37,39)(H,38,40)/t19-,20-,23?,24?,27+,28+/m1/s1. The molecule has 2 bridgehead atoms. The van der Waals surface area contributed by atoms with E-state index in [1.54, 1.807) is 11.1 Å². The van der Waals surface area contributed by atoms with Gasteiger partial charge in [0.25, 0.3) is 0 Å². The van der Waals surface area contributed by atoms with Gasteiger partial charge in [0, 0.05) is 5.56 Å². The lowest BCUT2D eigenvalue weighted by molar-refractivity contribution is 0.360. The van der Waals surface area contributed by atoms with Crippen LogP contribution in [0.25, 0.3) is 33.6 Å². The molecule has 2 aliphatic heterocycles. The Labute approximate surface area is 236 Å². The molecule has 0 amide bonds. The van der Waals surface area contributed by atoms with Gasteiger partial charge in [-0.3, -0.25) is 0 Å². The SMILES string of the molecule is C[C@H]1CN[C@H](c2ncc(-c3ccc(-c4ccc(-c5cnc([C@@H]6C[C@@H](C)CN6)[nH]5)c5c4C4CCC5CC4)cc3)[nH]2)C1. The summed E-state index contributed by atoms with van der Waals surface area (Å²) in [5, 5.41) is 7.23. The highest BCUT2D eigenvalue weighted by Crippen LogP contribution is 2.55. The van der Waals surface area contributed by atoms with Gasteiger partial charge in [0.1, 0.15) is 11.6 Å². The smallest absolute Gasteiger partial charge is 0.123 e. The Kier molecular flexibility index (Phi) is 5.96. The predicted octanol–water partition coefficient (Wildman–Crippen LogP) is 7.23. The Morgan fingerprint density at radius 3 is 1.68 bits per heavy atom. The fourth-order valence-corrected chi connectivity index (χ4v) is 8.06. The first-order valence-electron chi connectivity index (χ1n) is 15.4. The molecule has 3 aliphatic carbocycles. The number of imidazole rings is 2. The third-order valence-electron chi connectivity index (χ3n) is 10.2. The molecule has 2 aromatic carbocycles. The molecule has 206 valence electrons. The lowest BCUT2D eigenvalue weighted by atomic mass is 9.64. The van der Waals surface area contributed by atoms with Crippen LogP contribution in [0.2, 0.25) is 0 Å². The number of aromatic amines is 2. The van der Waals surface area contributed by atoms with E-state index in [9.17, 15) is 0 Å². The van der Waals surface area contributed by atoms with E-state index in [2.05, 4.69) is 77.0 Å². The van der Waals surface area contributed by atoms with Crippen LogP contribution in [0.15, 0.2) is 48.8 Å². The van der Waals surface area contributed by atoms with E-state index in [4.69, 9.17) is 9.97 Å². The molecule has 5 aliphatic rings. The van der Waals surface area contributed by atoms with Gasteiger partial charge in [-0.2, -0.15) is 0 Å². The molecule has 2 aromatic heterocycles. The van der Waals surface area contributed by atoms with E-state index in [-0.39, 0.29) is 0 Å². The molecule has 3 fully saturated rings. The molecule has 9 rings (SSSR count). The van der Waals surface area contributed by atoms with Crippen LogP contribution < -0.4 is 10.6 Å². The normalized spacial score (nSPS) is 29.2. The maximum atomic E-state index is 4.84. The van der Waals surface area contributed by atoms with Gasteiger partial charge in [-0.15, -0.1) is 0 Å². The summed E-state index contributed by atoms with van der Waals surface area (Å²) >= 11 is 0. The van der Waals surface area contributed by atoms with Crippen molar-refractivity contribution in [2.45, 2.75) is 76.3 Å². The Balaban J connectivity index is 1.12. The number of nitrogens with zero attached hydrogens (tertiary/aromatic N) is 2. The van der Waals surface area contributed by atoms with Gasteiger partial charge >= 0.3 is 0 Å². The topological polar surface area (TPSA) is 81.4 Å². The molecule has 2 saturated heterocycles. The van der Waals surface area contributed by atoms with Crippen LogP contribution in [-0.2, 0) is 0 Å². The first kappa shape index (κ1) is 24.6. The van der Waals surface area contributed by atoms with E-state index in [1.165, 1.54) is 53.6 Å². The van der Waals surface area contributed by atoms with Crippen molar-refractivity contribution in [1.82, 2.24) is 30.6 Å². The molecule has 4 heterocycles. The molecular weight excluding hydrogens is 492 g/mol. The van der Waals surface area contributed by atoms with E-state index >= 15 is 0 Å². The minimum Gasteiger partial charge on any atom is -0.341 e. The average molecular weight is 533 g/mol. The zero-order valence-electron chi connectivity index (χ0n) is 23.6. The van der Waals surface area contributed by atoms with Gasteiger partial charge in [0.2, 0.25) is 0 Å². The summed E-state index contributed by atoms with van der Waals surface area (Å²) in [6.45, 7) is 6.76. The van der Waals surface area contributed by atoms with Crippen molar-refractivity contribution in [3.05, 3.63) is 71.6 Å². The minimum atomic E-state index is 0.340. The Morgan fingerprint density at radius 1 is 0.600 bits per heavy atom. The van der Waals surface area contributed by atoms with Gasteiger partial charge < -0.3 is 20.6 Å². The lowest BCUT2D eigenvalue weighted by Gasteiger charge is -2.41. The summed E-state index contributed by atoms with van der Waals surface area (Å²) in [6.07, 6.45) is 11.6. The number of aromatic nitrogens is 4. The van der Waals surface area contributed by atoms with Crippen LogP contribution in [0.4, 0.5) is 0 Å². The van der Waals surface area contributed by atoms with Crippen molar-refractivity contribution in [3.8, 4) is 33.6 Å². The third kappa shape index (κ3) is 4.15.